The number of nitrogens with one attached hydrogen (secondary N) is 1. The molecular weight excluding hydrogens is 322 g/mol. The minimum atomic E-state index is -3.40. The van der Waals surface area contributed by atoms with Gasteiger partial charge in [0.25, 0.3) is 0 Å². The van der Waals surface area contributed by atoms with Crippen LogP contribution in [-0.4, -0.2) is 26.1 Å². The van der Waals surface area contributed by atoms with Gasteiger partial charge in [0.1, 0.15) is 0 Å². The highest BCUT2D eigenvalue weighted by molar-refractivity contribution is 7.91. The SMILES string of the molecule is Cc1ccc(S(=O)(=O)CCC(=O)N[C@H](C)[C@@H]2C[C@@H]3CC[C@@H]2C3)cc1. The largest absolute Gasteiger partial charge is 0.353 e. The summed E-state index contributed by atoms with van der Waals surface area (Å²) in [7, 11) is -3.40. The number of hydrogen-bond acceptors (Lipinski definition) is 3. The van der Waals surface area contributed by atoms with Crippen LogP contribution in [0, 0.1) is 24.7 Å². The van der Waals surface area contributed by atoms with Crippen LogP contribution in [-0.2, 0) is 14.6 Å². The van der Waals surface area contributed by atoms with Crippen molar-refractivity contribution in [1.29, 1.82) is 0 Å². The molecule has 0 heterocycles. The zero-order chi connectivity index (χ0) is 17.3. The Morgan fingerprint density at radius 2 is 1.92 bits per heavy atom. The Bertz CT molecular complexity index is 696. The topological polar surface area (TPSA) is 63.2 Å². The van der Waals surface area contributed by atoms with Crippen molar-refractivity contribution in [2.24, 2.45) is 17.8 Å². The van der Waals surface area contributed by atoms with Gasteiger partial charge in [0, 0.05) is 12.5 Å². The normalized spacial score (nSPS) is 27.2. The fourth-order valence-electron chi connectivity index (χ4n) is 4.43. The number of fused-ring (bicyclic) bond motifs is 2. The molecule has 24 heavy (non-hydrogen) atoms. The lowest BCUT2D eigenvalue weighted by Crippen LogP contribution is -2.40. The Morgan fingerprint density at radius 1 is 1.21 bits per heavy atom. The first-order chi connectivity index (χ1) is 11.3. The fourth-order valence-corrected chi connectivity index (χ4v) is 5.67. The molecule has 132 valence electrons. The van der Waals surface area contributed by atoms with E-state index >= 15 is 0 Å². The monoisotopic (exact) mass is 349 g/mol. The van der Waals surface area contributed by atoms with Crippen molar-refractivity contribution in [2.75, 3.05) is 5.75 Å². The van der Waals surface area contributed by atoms with Crippen LogP contribution in [0.25, 0.3) is 0 Å². The van der Waals surface area contributed by atoms with E-state index in [4.69, 9.17) is 0 Å². The smallest absolute Gasteiger partial charge is 0.221 e. The van der Waals surface area contributed by atoms with Crippen molar-refractivity contribution < 1.29 is 13.2 Å². The van der Waals surface area contributed by atoms with Crippen LogP contribution in [0.3, 0.4) is 0 Å². The van der Waals surface area contributed by atoms with Crippen LogP contribution >= 0.6 is 0 Å². The minimum absolute atomic E-state index is 0.0291. The van der Waals surface area contributed by atoms with Crippen LogP contribution in [0.2, 0.25) is 0 Å². The maximum Gasteiger partial charge on any atom is 0.221 e. The fraction of sp³-hybridized carbons (Fsp3) is 0.632. The molecule has 0 spiro atoms. The van der Waals surface area contributed by atoms with E-state index in [1.165, 1.54) is 25.7 Å². The number of amides is 1. The summed E-state index contributed by atoms with van der Waals surface area (Å²) < 4.78 is 24.6. The van der Waals surface area contributed by atoms with Crippen molar-refractivity contribution in [2.45, 2.75) is 56.9 Å². The third kappa shape index (κ3) is 3.82. The Kier molecular flexibility index (Phi) is 5.00. The van der Waals surface area contributed by atoms with Gasteiger partial charge in [0.15, 0.2) is 9.84 Å². The van der Waals surface area contributed by atoms with Crippen LogP contribution in [0.1, 0.15) is 44.6 Å². The molecule has 5 heteroatoms. The molecule has 3 rings (SSSR count). The average Bonchev–Trinajstić information content (AvgIpc) is 3.16. The third-order valence-electron chi connectivity index (χ3n) is 5.80. The zero-order valence-electron chi connectivity index (χ0n) is 14.5. The van der Waals surface area contributed by atoms with Gasteiger partial charge in [-0.25, -0.2) is 8.42 Å². The molecule has 1 amide bonds. The first-order valence-electron chi connectivity index (χ1n) is 8.94. The van der Waals surface area contributed by atoms with E-state index in [-0.39, 0.29) is 24.1 Å². The number of rotatable bonds is 6. The van der Waals surface area contributed by atoms with E-state index in [0.29, 0.717) is 10.8 Å². The van der Waals surface area contributed by atoms with Gasteiger partial charge in [-0.05, 0) is 63.0 Å². The highest BCUT2D eigenvalue weighted by Gasteiger charge is 2.42. The first-order valence-corrected chi connectivity index (χ1v) is 10.6. The van der Waals surface area contributed by atoms with E-state index in [1.54, 1.807) is 24.3 Å². The molecule has 2 saturated carbocycles. The second kappa shape index (κ2) is 6.87. The van der Waals surface area contributed by atoms with Crippen LogP contribution in [0.4, 0.5) is 0 Å². The number of sulfone groups is 1. The van der Waals surface area contributed by atoms with Gasteiger partial charge < -0.3 is 5.32 Å². The van der Waals surface area contributed by atoms with Crippen molar-refractivity contribution in [3.05, 3.63) is 29.8 Å². The molecule has 4 atom stereocenters. The number of benzene rings is 1. The van der Waals surface area contributed by atoms with Crippen molar-refractivity contribution in [1.82, 2.24) is 5.32 Å². The van der Waals surface area contributed by atoms with Crippen LogP contribution in [0.5, 0.6) is 0 Å². The predicted molar refractivity (Wildman–Crippen MR) is 94.4 cm³/mol. The Hall–Kier alpha value is -1.36. The summed E-state index contributed by atoms with van der Waals surface area (Å²) in [5.41, 5.74) is 1.02. The summed E-state index contributed by atoms with van der Waals surface area (Å²) >= 11 is 0. The van der Waals surface area contributed by atoms with Gasteiger partial charge in [-0.3, -0.25) is 4.79 Å². The van der Waals surface area contributed by atoms with Gasteiger partial charge in [-0.1, -0.05) is 24.1 Å². The lowest BCUT2D eigenvalue weighted by Gasteiger charge is -2.28. The van der Waals surface area contributed by atoms with E-state index in [2.05, 4.69) is 12.2 Å². The maximum absolute atomic E-state index is 12.3. The van der Waals surface area contributed by atoms with E-state index in [0.717, 1.165) is 17.4 Å². The van der Waals surface area contributed by atoms with Crippen LogP contribution < -0.4 is 5.32 Å². The first kappa shape index (κ1) is 17.5. The Labute approximate surface area is 145 Å². The minimum Gasteiger partial charge on any atom is -0.353 e. The summed E-state index contributed by atoms with van der Waals surface area (Å²) in [6, 6.07) is 6.93. The molecule has 2 aliphatic carbocycles. The van der Waals surface area contributed by atoms with E-state index < -0.39 is 9.84 Å². The van der Waals surface area contributed by atoms with Crippen molar-refractivity contribution >= 4 is 15.7 Å². The Morgan fingerprint density at radius 3 is 2.50 bits per heavy atom. The number of carbonyl (C=O) groups excluding carboxylic acids is 1. The molecule has 0 aliphatic heterocycles. The molecule has 1 N–H and O–H groups in total. The standard InChI is InChI=1S/C19H27NO3S/c1-13-3-7-17(8-4-13)24(22,23)10-9-19(21)20-14(2)18-12-15-5-6-16(18)11-15/h3-4,7-8,14-16,18H,5-6,9-12H2,1-2H3,(H,20,21)/t14-,15-,16-,18+/m1/s1. The summed E-state index contributed by atoms with van der Waals surface area (Å²) in [6.07, 6.45) is 5.19. The maximum atomic E-state index is 12.3. The molecule has 2 aliphatic rings. The molecule has 0 unspecified atom stereocenters. The highest BCUT2D eigenvalue weighted by Crippen LogP contribution is 2.49. The van der Waals surface area contributed by atoms with E-state index in [1.807, 2.05) is 6.92 Å². The van der Waals surface area contributed by atoms with Gasteiger partial charge >= 0.3 is 0 Å². The molecule has 4 nitrogen and oxygen atoms in total. The molecule has 1 aromatic rings. The van der Waals surface area contributed by atoms with Crippen molar-refractivity contribution in [3.63, 3.8) is 0 Å². The number of carbonyl (C=O) groups is 1. The zero-order valence-corrected chi connectivity index (χ0v) is 15.3. The van der Waals surface area contributed by atoms with Crippen molar-refractivity contribution in [3.8, 4) is 0 Å². The van der Waals surface area contributed by atoms with Gasteiger partial charge in [0.2, 0.25) is 5.91 Å². The molecular formula is C19H27NO3S. The van der Waals surface area contributed by atoms with Gasteiger partial charge in [-0.2, -0.15) is 0 Å². The Balaban J connectivity index is 1.51. The quantitative estimate of drug-likeness (QED) is 0.858. The molecule has 0 aromatic heterocycles. The van der Waals surface area contributed by atoms with Gasteiger partial charge in [-0.15, -0.1) is 0 Å². The average molecular weight is 349 g/mol. The number of aryl methyl sites for hydroxylation is 1. The summed E-state index contributed by atoms with van der Waals surface area (Å²) in [5.74, 6) is 1.89. The van der Waals surface area contributed by atoms with Gasteiger partial charge in [0.05, 0.1) is 10.6 Å². The predicted octanol–water partition coefficient (Wildman–Crippen LogP) is 3.10. The lowest BCUT2D eigenvalue weighted by molar-refractivity contribution is -0.121. The molecule has 0 saturated heterocycles. The second-order valence-electron chi connectivity index (χ2n) is 7.58. The van der Waals surface area contributed by atoms with Crippen LogP contribution in [0.15, 0.2) is 29.2 Å². The third-order valence-corrected chi connectivity index (χ3v) is 7.53. The molecule has 1 aromatic carbocycles. The summed E-state index contributed by atoms with van der Waals surface area (Å²) in [6.45, 7) is 3.98. The number of hydrogen-bond donors (Lipinski definition) is 1. The lowest BCUT2D eigenvalue weighted by atomic mass is 9.84. The summed E-state index contributed by atoms with van der Waals surface area (Å²) in [4.78, 5) is 12.5. The highest BCUT2D eigenvalue weighted by atomic mass is 32.2. The molecule has 0 radical (unpaired) electrons. The second-order valence-corrected chi connectivity index (χ2v) is 9.69. The summed E-state index contributed by atoms with van der Waals surface area (Å²) in [5, 5.41) is 3.04. The molecule has 2 bridgehead atoms. The van der Waals surface area contributed by atoms with E-state index in [9.17, 15) is 13.2 Å². The molecule has 2 fully saturated rings.